The molecule has 0 aliphatic carbocycles. The van der Waals surface area contributed by atoms with Crippen LogP contribution in [0, 0.1) is 0 Å². The summed E-state index contributed by atoms with van der Waals surface area (Å²) in [5.41, 5.74) is 1.03. The summed E-state index contributed by atoms with van der Waals surface area (Å²) in [5.74, 6) is -1.03. The molecular weight excluding hydrogens is 433 g/mol. The van der Waals surface area contributed by atoms with Gasteiger partial charge in [0.05, 0.1) is 34.8 Å². The molecule has 1 aromatic heterocycles. The van der Waals surface area contributed by atoms with Crippen LogP contribution in [-0.2, 0) is 10.0 Å². The summed E-state index contributed by atoms with van der Waals surface area (Å²) in [5, 5.41) is 10.5. The minimum atomic E-state index is -4.61. The van der Waals surface area contributed by atoms with Crippen molar-refractivity contribution in [3.8, 4) is 5.75 Å². The normalized spacial score (nSPS) is 16.2. The number of alkyl halides is 2. The predicted octanol–water partition coefficient (Wildman–Crippen LogP) is 4.26. The molecule has 1 N–H and O–H groups in total. The number of rotatable bonds is 4. The molecule has 140 valence electrons. The highest BCUT2D eigenvalue weighted by atomic mass is 35.5. The van der Waals surface area contributed by atoms with E-state index in [1.54, 1.807) is 0 Å². The number of anilines is 1. The molecule has 0 bridgehead atoms. The molecule has 1 aliphatic rings. The van der Waals surface area contributed by atoms with Crippen LogP contribution >= 0.6 is 34.5 Å². The molecule has 0 radical (unpaired) electrons. The van der Waals surface area contributed by atoms with Gasteiger partial charge in [0.15, 0.2) is 11.6 Å². The van der Waals surface area contributed by atoms with E-state index < -0.39 is 33.7 Å². The Morgan fingerprint density at radius 1 is 1.35 bits per heavy atom. The smallest absolute Gasteiger partial charge is 0.270 e. The Morgan fingerprint density at radius 3 is 2.62 bits per heavy atom. The molecular formula is C14H10Cl2F2N2O4S2. The number of hydrogen-bond acceptors (Lipinski definition) is 6. The summed E-state index contributed by atoms with van der Waals surface area (Å²) < 4.78 is 57.6. The number of halogens is 4. The van der Waals surface area contributed by atoms with E-state index in [0.717, 1.165) is 11.3 Å². The fourth-order valence-corrected chi connectivity index (χ4v) is 5.63. The Kier molecular flexibility index (Phi) is 5.04. The minimum absolute atomic E-state index is 0.0218. The van der Waals surface area contributed by atoms with Crippen molar-refractivity contribution in [3.63, 3.8) is 0 Å². The number of aromatic nitrogens is 1. The highest BCUT2D eigenvalue weighted by molar-refractivity contribution is 8.02. The first-order chi connectivity index (χ1) is 12.2. The molecule has 2 heterocycles. The summed E-state index contributed by atoms with van der Waals surface area (Å²) in [7, 11) is -3.37. The zero-order chi connectivity index (χ0) is 19.2. The van der Waals surface area contributed by atoms with Crippen molar-refractivity contribution in [2.24, 2.45) is 0 Å². The van der Waals surface area contributed by atoms with Crippen molar-refractivity contribution in [1.82, 2.24) is 4.98 Å². The summed E-state index contributed by atoms with van der Waals surface area (Å²) in [6.45, 7) is -1.13. The second-order valence-electron chi connectivity index (χ2n) is 5.05. The Morgan fingerprint density at radius 2 is 2.00 bits per heavy atom. The van der Waals surface area contributed by atoms with Gasteiger partial charge in [-0.2, -0.15) is 0 Å². The van der Waals surface area contributed by atoms with E-state index in [2.05, 4.69) is 4.98 Å². The lowest BCUT2D eigenvalue weighted by Gasteiger charge is -2.29. The van der Waals surface area contributed by atoms with Gasteiger partial charge in [-0.25, -0.2) is 26.5 Å². The van der Waals surface area contributed by atoms with E-state index in [1.807, 2.05) is 0 Å². The van der Waals surface area contributed by atoms with Crippen LogP contribution in [0.15, 0.2) is 17.6 Å². The standard InChI is InChI=1S/C14H10Cl2F2N2O4S2/c1-24-11-7(16)3-2-6(15)9(11)13-10(21)12-14(19-5-25-12)20(4-8(17)18)26(13,22)23/h2-3,5,8,21H,4H2,1H3. The third-order valence-electron chi connectivity index (χ3n) is 3.56. The van der Waals surface area contributed by atoms with Gasteiger partial charge in [0, 0.05) is 0 Å². The van der Waals surface area contributed by atoms with Gasteiger partial charge in [-0.3, -0.25) is 0 Å². The fraction of sp³-hybridized carbons (Fsp3) is 0.214. The molecule has 3 rings (SSSR count). The van der Waals surface area contributed by atoms with Crippen molar-refractivity contribution >= 4 is 61.0 Å². The van der Waals surface area contributed by atoms with Crippen molar-refractivity contribution in [3.05, 3.63) is 38.1 Å². The molecule has 12 heteroatoms. The number of benzene rings is 1. The van der Waals surface area contributed by atoms with E-state index in [0.29, 0.717) is 4.31 Å². The first kappa shape index (κ1) is 19.2. The van der Waals surface area contributed by atoms with E-state index in [9.17, 15) is 22.3 Å². The lowest BCUT2D eigenvalue weighted by atomic mass is 10.1. The van der Waals surface area contributed by atoms with Gasteiger partial charge in [-0.15, -0.1) is 11.3 Å². The number of nitrogens with zero attached hydrogens (tertiary/aromatic N) is 2. The highest BCUT2D eigenvalue weighted by Crippen LogP contribution is 2.49. The maximum Gasteiger partial charge on any atom is 0.270 e. The number of methoxy groups -OCH3 is 1. The molecule has 26 heavy (non-hydrogen) atoms. The van der Waals surface area contributed by atoms with Crippen LogP contribution in [0.1, 0.15) is 10.4 Å². The average Bonchev–Trinajstić information content (AvgIpc) is 3.04. The van der Waals surface area contributed by atoms with Gasteiger partial charge in [-0.05, 0) is 12.1 Å². The molecule has 0 fully saturated rings. The zero-order valence-corrected chi connectivity index (χ0v) is 16.1. The molecule has 0 saturated carbocycles. The number of ether oxygens (including phenoxy) is 1. The number of fused-ring (bicyclic) bond motifs is 1. The van der Waals surface area contributed by atoms with Crippen LogP contribution in [0.25, 0.3) is 10.7 Å². The van der Waals surface area contributed by atoms with Gasteiger partial charge in [0.25, 0.3) is 16.4 Å². The highest BCUT2D eigenvalue weighted by Gasteiger charge is 2.43. The van der Waals surface area contributed by atoms with Crippen LogP contribution in [0.3, 0.4) is 0 Å². The number of hydrogen-bond donors (Lipinski definition) is 1. The van der Waals surface area contributed by atoms with E-state index >= 15 is 0 Å². The van der Waals surface area contributed by atoms with Crippen LogP contribution in [-0.4, -0.2) is 38.6 Å². The molecule has 1 aliphatic heterocycles. The van der Waals surface area contributed by atoms with E-state index in [1.165, 1.54) is 24.8 Å². The largest absolute Gasteiger partial charge is 0.505 e. The van der Waals surface area contributed by atoms with Gasteiger partial charge < -0.3 is 9.84 Å². The van der Waals surface area contributed by atoms with E-state index in [-0.39, 0.29) is 32.1 Å². The second-order valence-corrected chi connectivity index (χ2v) is 8.52. The minimum Gasteiger partial charge on any atom is -0.505 e. The Hall–Kier alpha value is -1.62. The maximum atomic E-state index is 13.0. The maximum absolute atomic E-state index is 13.0. The van der Waals surface area contributed by atoms with Crippen LogP contribution in [0.5, 0.6) is 5.75 Å². The average molecular weight is 443 g/mol. The molecule has 0 atom stereocenters. The number of sulfonamides is 1. The van der Waals surface area contributed by atoms with Crippen LogP contribution in [0.2, 0.25) is 10.0 Å². The summed E-state index contributed by atoms with van der Waals surface area (Å²) in [6, 6.07) is 2.70. The lowest BCUT2D eigenvalue weighted by molar-refractivity contribution is 0.159. The second kappa shape index (κ2) is 6.84. The topological polar surface area (TPSA) is 79.7 Å². The molecule has 1 aromatic carbocycles. The van der Waals surface area contributed by atoms with Gasteiger partial charge in [-0.1, -0.05) is 23.2 Å². The monoisotopic (exact) mass is 442 g/mol. The van der Waals surface area contributed by atoms with Gasteiger partial charge in [0.2, 0.25) is 0 Å². The first-order valence-corrected chi connectivity index (χ1v) is 9.98. The first-order valence-electron chi connectivity index (χ1n) is 6.90. The van der Waals surface area contributed by atoms with Crippen molar-refractivity contribution < 1.29 is 27.0 Å². The summed E-state index contributed by atoms with van der Waals surface area (Å²) >= 11 is 13.1. The molecule has 2 aromatic rings. The van der Waals surface area contributed by atoms with Crippen molar-refractivity contribution in [2.45, 2.75) is 6.43 Å². The predicted molar refractivity (Wildman–Crippen MR) is 96.8 cm³/mol. The molecule has 0 unspecified atom stereocenters. The number of thiazole rings is 1. The molecule has 6 nitrogen and oxygen atoms in total. The fourth-order valence-electron chi connectivity index (χ4n) is 2.53. The quantitative estimate of drug-likeness (QED) is 0.764. The van der Waals surface area contributed by atoms with Crippen LogP contribution < -0.4 is 9.04 Å². The molecule has 0 spiro atoms. The third kappa shape index (κ3) is 2.90. The van der Waals surface area contributed by atoms with Gasteiger partial charge in [0.1, 0.15) is 15.5 Å². The number of aliphatic hydroxyl groups excluding tert-OH is 1. The Bertz CT molecular complexity index is 1010. The molecule has 0 amide bonds. The SMILES string of the molecule is COc1c(Cl)ccc(Cl)c1C1=C(O)c2scnc2N(CC(F)F)S1(=O)=O. The summed E-state index contributed by atoms with van der Waals surface area (Å²) in [6.07, 6.45) is -2.96. The van der Waals surface area contributed by atoms with Crippen molar-refractivity contribution in [2.75, 3.05) is 18.0 Å². The van der Waals surface area contributed by atoms with Gasteiger partial charge >= 0.3 is 0 Å². The lowest BCUT2D eigenvalue weighted by Crippen LogP contribution is -2.38. The van der Waals surface area contributed by atoms with E-state index in [4.69, 9.17) is 27.9 Å². The number of aliphatic hydroxyl groups is 1. The van der Waals surface area contributed by atoms with Crippen LogP contribution in [0.4, 0.5) is 14.6 Å². The third-order valence-corrected chi connectivity index (χ3v) is 6.81. The Labute approximate surface area is 161 Å². The van der Waals surface area contributed by atoms with Crippen molar-refractivity contribution in [1.29, 1.82) is 0 Å². The summed E-state index contributed by atoms with van der Waals surface area (Å²) in [4.78, 5) is 3.15. The Balaban J connectivity index is 2.38. The zero-order valence-electron chi connectivity index (χ0n) is 12.9. The molecule has 0 saturated heterocycles.